The van der Waals surface area contributed by atoms with Crippen LogP contribution < -0.4 is 5.32 Å². The van der Waals surface area contributed by atoms with Crippen molar-refractivity contribution < 1.29 is 9.59 Å². The van der Waals surface area contributed by atoms with Gasteiger partial charge in [-0.15, -0.1) is 21.5 Å². The number of amides is 2. The molecule has 0 bridgehead atoms. The summed E-state index contributed by atoms with van der Waals surface area (Å²) >= 11 is 1.42. The van der Waals surface area contributed by atoms with Crippen molar-refractivity contribution in [3.63, 3.8) is 0 Å². The molecule has 1 saturated heterocycles. The van der Waals surface area contributed by atoms with Crippen molar-refractivity contribution >= 4 is 23.2 Å². The van der Waals surface area contributed by atoms with E-state index in [-0.39, 0.29) is 17.9 Å². The molecule has 8 heteroatoms. The topological polar surface area (TPSA) is 80.1 Å². The van der Waals surface area contributed by atoms with E-state index in [2.05, 4.69) is 15.5 Å². The van der Waals surface area contributed by atoms with E-state index in [0.29, 0.717) is 30.9 Å². The minimum atomic E-state index is -0.379. The third-order valence-electron chi connectivity index (χ3n) is 4.26. The second-order valence-electron chi connectivity index (χ2n) is 5.85. The van der Waals surface area contributed by atoms with Gasteiger partial charge in [0, 0.05) is 19.6 Å². The van der Waals surface area contributed by atoms with Crippen molar-refractivity contribution in [2.45, 2.75) is 38.8 Å². The molecule has 3 heterocycles. The summed E-state index contributed by atoms with van der Waals surface area (Å²) in [6.07, 6.45) is 4.28. The summed E-state index contributed by atoms with van der Waals surface area (Å²) < 4.78 is 1.88. The van der Waals surface area contributed by atoms with Gasteiger partial charge in [0.1, 0.15) is 18.2 Å². The summed E-state index contributed by atoms with van der Waals surface area (Å²) in [6, 6.07) is 3.29. The van der Waals surface area contributed by atoms with Crippen molar-refractivity contribution in [1.29, 1.82) is 0 Å². The van der Waals surface area contributed by atoms with Crippen molar-refractivity contribution in [3.8, 4) is 0 Å². The van der Waals surface area contributed by atoms with Crippen LogP contribution in [0.3, 0.4) is 0 Å². The summed E-state index contributed by atoms with van der Waals surface area (Å²) in [5, 5.41) is 12.6. The number of piperidine rings is 1. The van der Waals surface area contributed by atoms with Crippen LogP contribution in [0.5, 0.6) is 0 Å². The Morgan fingerprint density at radius 1 is 1.42 bits per heavy atom. The maximum Gasteiger partial charge on any atom is 0.264 e. The van der Waals surface area contributed by atoms with E-state index in [0.717, 1.165) is 18.7 Å². The summed E-state index contributed by atoms with van der Waals surface area (Å²) in [5.74, 6) is 0.696. The van der Waals surface area contributed by atoms with Gasteiger partial charge >= 0.3 is 0 Å². The summed E-state index contributed by atoms with van der Waals surface area (Å²) in [6.45, 7) is 3.63. The number of rotatable bonds is 5. The van der Waals surface area contributed by atoms with E-state index in [1.54, 1.807) is 11.2 Å². The van der Waals surface area contributed by atoms with Gasteiger partial charge in [0.25, 0.3) is 5.91 Å². The summed E-state index contributed by atoms with van der Waals surface area (Å²) in [5.41, 5.74) is 0. The third kappa shape index (κ3) is 3.64. The zero-order chi connectivity index (χ0) is 16.9. The van der Waals surface area contributed by atoms with E-state index in [4.69, 9.17) is 0 Å². The lowest BCUT2D eigenvalue weighted by molar-refractivity contribution is -0.126. The van der Waals surface area contributed by atoms with Crippen LogP contribution in [0.2, 0.25) is 0 Å². The van der Waals surface area contributed by atoms with E-state index in [1.165, 1.54) is 11.3 Å². The Bertz CT molecular complexity index is 697. The van der Waals surface area contributed by atoms with Crippen LogP contribution in [0.25, 0.3) is 0 Å². The van der Waals surface area contributed by atoms with Gasteiger partial charge in [-0.25, -0.2) is 0 Å². The van der Waals surface area contributed by atoms with E-state index < -0.39 is 0 Å². The molecule has 0 aliphatic carbocycles. The highest BCUT2D eigenvalue weighted by Crippen LogP contribution is 2.21. The number of aryl methyl sites for hydroxylation is 1. The quantitative estimate of drug-likeness (QED) is 0.888. The second kappa shape index (κ2) is 7.57. The second-order valence-corrected chi connectivity index (χ2v) is 6.80. The molecule has 0 unspecified atom stereocenters. The Balaban J connectivity index is 1.59. The Labute approximate surface area is 144 Å². The van der Waals surface area contributed by atoms with Gasteiger partial charge in [0.05, 0.1) is 4.88 Å². The molecule has 0 spiro atoms. The van der Waals surface area contributed by atoms with Gasteiger partial charge in [-0.2, -0.15) is 0 Å². The molecule has 1 aliphatic heterocycles. The minimum Gasteiger partial charge on any atom is -0.353 e. The molecule has 24 heavy (non-hydrogen) atoms. The molecule has 128 valence electrons. The molecule has 2 aromatic heterocycles. The fourth-order valence-corrected chi connectivity index (χ4v) is 3.62. The molecule has 7 nitrogen and oxygen atoms in total. The molecular formula is C16H21N5O2S. The average molecular weight is 347 g/mol. The minimum absolute atomic E-state index is 0.0421. The molecular weight excluding hydrogens is 326 g/mol. The average Bonchev–Trinajstić information content (AvgIpc) is 3.26. The zero-order valence-electron chi connectivity index (χ0n) is 13.6. The smallest absolute Gasteiger partial charge is 0.264 e. The van der Waals surface area contributed by atoms with Gasteiger partial charge in [-0.1, -0.05) is 6.07 Å². The predicted molar refractivity (Wildman–Crippen MR) is 90.8 cm³/mol. The lowest BCUT2D eigenvalue weighted by Crippen LogP contribution is -2.52. The standard InChI is InChI=1S/C16H21N5O2S/c1-12-19-18-11-20(12)9-7-17-15(22)13-5-2-3-8-21(13)16(23)14-6-4-10-24-14/h4,6,10-11,13H,2-3,5,7-9H2,1H3,(H,17,22)/t13-/m0/s1. The highest BCUT2D eigenvalue weighted by molar-refractivity contribution is 7.12. The van der Waals surface area contributed by atoms with Crippen molar-refractivity contribution in [2.75, 3.05) is 13.1 Å². The van der Waals surface area contributed by atoms with Crippen LogP contribution in [-0.2, 0) is 11.3 Å². The number of hydrogen-bond donors (Lipinski definition) is 1. The van der Waals surface area contributed by atoms with Gasteiger partial charge in [-0.05, 0) is 37.6 Å². The highest BCUT2D eigenvalue weighted by atomic mass is 32.1. The number of nitrogens with one attached hydrogen (secondary N) is 1. The number of likely N-dealkylation sites (tertiary alicyclic amines) is 1. The van der Waals surface area contributed by atoms with Crippen LogP contribution in [-0.4, -0.2) is 50.6 Å². The summed E-state index contributed by atoms with van der Waals surface area (Å²) in [7, 11) is 0. The molecule has 1 N–H and O–H groups in total. The van der Waals surface area contributed by atoms with Crippen LogP contribution in [0.15, 0.2) is 23.8 Å². The highest BCUT2D eigenvalue weighted by Gasteiger charge is 2.32. The van der Waals surface area contributed by atoms with Crippen LogP contribution >= 0.6 is 11.3 Å². The lowest BCUT2D eigenvalue weighted by atomic mass is 10.0. The van der Waals surface area contributed by atoms with Crippen LogP contribution in [0.1, 0.15) is 34.8 Å². The SMILES string of the molecule is Cc1nncn1CCNC(=O)[C@@H]1CCCCN1C(=O)c1cccs1. The molecule has 1 fully saturated rings. The lowest BCUT2D eigenvalue weighted by Gasteiger charge is -2.34. The first-order valence-electron chi connectivity index (χ1n) is 8.13. The van der Waals surface area contributed by atoms with Crippen LogP contribution in [0, 0.1) is 6.92 Å². The molecule has 0 radical (unpaired) electrons. The zero-order valence-corrected chi connectivity index (χ0v) is 14.5. The molecule has 2 aromatic rings. The van der Waals surface area contributed by atoms with Crippen molar-refractivity contribution in [2.24, 2.45) is 0 Å². The molecule has 1 atom stereocenters. The number of carbonyl (C=O) groups is 2. The van der Waals surface area contributed by atoms with Crippen molar-refractivity contribution in [1.82, 2.24) is 25.0 Å². The first-order chi connectivity index (χ1) is 11.7. The molecule has 1 aliphatic rings. The Morgan fingerprint density at radius 3 is 3.00 bits per heavy atom. The fourth-order valence-electron chi connectivity index (χ4n) is 2.94. The van der Waals surface area contributed by atoms with Gasteiger partial charge in [-0.3, -0.25) is 9.59 Å². The molecule has 2 amide bonds. The van der Waals surface area contributed by atoms with E-state index in [1.807, 2.05) is 29.0 Å². The first kappa shape index (κ1) is 16.6. The number of thiophene rings is 1. The molecule has 0 aromatic carbocycles. The maximum absolute atomic E-state index is 12.6. The number of carbonyl (C=O) groups excluding carboxylic acids is 2. The van der Waals surface area contributed by atoms with E-state index in [9.17, 15) is 9.59 Å². The third-order valence-corrected chi connectivity index (χ3v) is 5.12. The number of nitrogens with zero attached hydrogens (tertiary/aromatic N) is 4. The van der Waals surface area contributed by atoms with Gasteiger partial charge in [0.2, 0.25) is 5.91 Å². The van der Waals surface area contributed by atoms with Crippen molar-refractivity contribution in [3.05, 3.63) is 34.5 Å². The summed E-state index contributed by atoms with van der Waals surface area (Å²) in [4.78, 5) is 27.6. The van der Waals surface area contributed by atoms with Crippen LogP contribution in [0.4, 0.5) is 0 Å². The maximum atomic E-state index is 12.6. The largest absolute Gasteiger partial charge is 0.353 e. The molecule has 3 rings (SSSR count). The normalized spacial score (nSPS) is 17.7. The first-order valence-corrected chi connectivity index (χ1v) is 9.01. The molecule has 0 saturated carbocycles. The fraction of sp³-hybridized carbons (Fsp3) is 0.500. The van der Waals surface area contributed by atoms with E-state index >= 15 is 0 Å². The van der Waals surface area contributed by atoms with Gasteiger partial charge in [0.15, 0.2) is 0 Å². The van der Waals surface area contributed by atoms with Gasteiger partial charge < -0.3 is 14.8 Å². The predicted octanol–water partition coefficient (Wildman–Crippen LogP) is 1.46. The monoisotopic (exact) mass is 347 g/mol. The number of aromatic nitrogens is 3. The number of hydrogen-bond acceptors (Lipinski definition) is 5. The Hall–Kier alpha value is -2.22. The Morgan fingerprint density at radius 2 is 2.29 bits per heavy atom. The Kier molecular flexibility index (Phi) is 5.24.